The molecule has 0 spiro atoms. The fourth-order valence-corrected chi connectivity index (χ4v) is 0. The second-order valence-corrected chi connectivity index (χ2v) is 3.67. The van der Waals surface area contributed by atoms with Gasteiger partial charge in [-0.3, -0.25) is 25.3 Å². The summed E-state index contributed by atoms with van der Waals surface area (Å²) in [6, 6.07) is 0. The van der Waals surface area contributed by atoms with Crippen LogP contribution in [0.25, 0.3) is 0 Å². The van der Waals surface area contributed by atoms with Crippen LogP contribution in [0.4, 0.5) is 0 Å². The van der Waals surface area contributed by atoms with Gasteiger partial charge in [-0.2, -0.15) is 0 Å². The Bertz CT molecular complexity index is 359. The van der Waals surface area contributed by atoms with Crippen LogP contribution in [0.15, 0.2) is 0 Å². The van der Waals surface area contributed by atoms with Crippen LogP contribution in [0.5, 0.6) is 0 Å². The first-order valence-corrected chi connectivity index (χ1v) is 6.00. The van der Waals surface area contributed by atoms with E-state index in [9.17, 15) is 0 Å². The van der Waals surface area contributed by atoms with Crippen LogP contribution in [0.1, 0.15) is 2.85 Å². The summed E-state index contributed by atoms with van der Waals surface area (Å²) in [5, 5.41) is 0. The predicted octanol–water partition coefficient (Wildman–Crippen LogP) is -10.5. The summed E-state index contributed by atoms with van der Waals surface area (Å²) in [7, 11) is -15.5. The third kappa shape index (κ3) is 1010. The molecule has 0 heterocycles. The minimum atomic E-state index is -5.17. The number of hydrogen-bond donors (Lipinski definition) is 0. The quantitative estimate of drug-likeness (QED) is 0.213. The Balaban J connectivity index is -0.0000000129. The SMILES string of the molecule is O=S(=O)([O-])[O-].O=S(=O)([O-])[O-].O=S(=O)([O-])[O-].[Al+3].[Al+3].[H-].[H-].[Na+].[Na+]. The van der Waals surface area contributed by atoms with Crippen LogP contribution in [0, 0.1) is 0 Å². The van der Waals surface area contributed by atoms with E-state index in [0.29, 0.717) is 0 Å². The fourth-order valence-electron chi connectivity index (χ4n) is 0. The van der Waals surface area contributed by atoms with Gasteiger partial charge >= 0.3 is 93.8 Å². The van der Waals surface area contributed by atoms with Crippen molar-refractivity contribution in [1.82, 2.24) is 0 Å². The van der Waals surface area contributed by atoms with E-state index in [1.165, 1.54) is 0 Å². The van der Waals surface area contributed by atoms with E-state index in [-0.39, 0.29) is 96.7 Å². The summed E-state index contributed by atoms with van der Waals surface area (Å²) in [5.74, 6) is 0. The smallest absolute Gasteiger partial charge is 1.00 e. The van der Waals surface area contributed by atoms with Crippen molar-refractivity contribution >= 4 is 65.9 Å². The third-order valence-electron chi connectivity index (χ3n) is 0. The molecular weight excluding hydrogens is 388 g/mol. The molecule has 0 aromatic rings. The Morgan fingerprint density at radius 2 is 0.474 bits per heavy atom. The average molecular weight is 390 g/mol. The molecule has 0 saturated heterocycles. The summed E-state index contributed by atoms with van der Waals surface area (Å²) in [6.07, 6.45) is 0. The summed E-state index contributed by atoms with van der Waals surface area (Å²) in [6.45, 7) is 0. The van der Waals surface area contributed by atoms with Crippen LogP contribution in [0.2, 0.25) is 0 Å². The molecule has 0 unspecified atom stereocenters. The Hall–Kier alpha value is 2.67. The molecule has 0 rings (SSSR count). The second kappa shape index (κ2) is 18.7. The van der Waals surface area contributed by atoms with E-state index >= 15 is 0 Å². The van der Waals surface area contributed by atoms with Crippen LogP contribution in [0.3, 0.4) is 0 Å². The molecule has 0 atom stereocenters. The Morgan fingerprint density at radius 1 is 0.474 bits per heavy atom. The van der Waals surface area contributed by atoms with E-state index in [1.807, 2.05) is 0 Å². The van der Waals surface area contributed by atoms with Gasteiger partial charge in [0, 0.05) is 31.2 Å². The van der Waals surface area contributed by atoms with E-state index in [4.69, 9.17) is 52.6 Å². The average Bonchev–Trinajstić information content (AvgIpc) is 1.41. The van der Waals surface area contributed by atoms with Gasteiger partial charge in [0.1, 0.15) is 0 Å². The molecule has 0 aliphatic rings. The minimum Gasteiger partial charge on any atom is -1.00 e. The zero-order valence-corrected chi connectivity index (χ0v) is 18.0. The molecule has 100 valence electrons. The van der Waals surface area contributed by atoms with Gasteiger partial charge in [0.2, 0.25) is 0 Å². The second-order valence-electron chi connectivity index (χ2n) is 1.22. The summed E-state index contributed by atoms with van der Waals surface area (Å²) < 4.78 is 102. The largest absolute Gasteiger partial charge is 3.00 e. The summed E-state index contributed by atoms with van der Waals surface area (Å²) >= 11 is 0. The van der Waals surface area contributed by atoms with Crippen molar-refractivity contribution in [3.05, 3.63) is 0 Å². The van der Waals surface area contributed by atoms with Gasteiger partial charge in [-0.25, -0.2) is 0 Å². The van der Waals surface area contributed by atoms with Gasteiger partial charge in [0.15, 0.2) is 0 Å². The topological polar surface area (TPSA) is 241 Å². The van der Waals surface area contributed by atoms with E-state index < -0.39 is 31.2 Å². The van der Waals surface area contributed by atoms with Crippen molar-refractivity contribution in [2.75, 3.05) is 0 Å². The monoisotopic (exact) mass is 390 g/mol. The van der Waals surface area contributed by atoms with Gasteiger partial charge in [0.25, 0.3) is 0 Å². The van der Waals surface area contributed by atoms with Crippen LogP contribution in [-0.2, 0) is 31.2 Å². The normalized spacial score (nSPS) is 9.16. The maximum atomic E-state index is 8.52. The Labute approximate surface area is 178 Å². The van der Waals surface area contributed by atoms with Crippen molar-refractivity contribution in [2.24, 2.45) is 0 Å². The molecule has 19 heavy (non-hydrogen) atoms. The van der Waals surface area contributed by atoms with Crippen molar-refractivity contribution < 1.29 is 115 Å². The Morgan fingerprint density at radius 3 is 0.474 bits per heavy atom. The molecule has 0 fully saturated rings. The van der Waals surface area contributed by atoms with Crippen molar-refractivity contribution in [1.29, 1.82) is 0 Å². The summed E-state index contributed by atoms with van der Waals surface area (Å²) in [4.78, 5) is 0. The molecular formula is H2Al2Na2O12S3. The first-order valence-electron chi connectivity index (χ1n) is 2.00. The van der Waals surface area contributed by atoms with E-state index in [1.54, 1.807) is 0 Å². The van der Waals surface area contributed by atoms with E-state index in [0.717, 1.165) is 0 Å². The molecule has 0 bridgehead atoms. The molecule has 0 aliphatic heterocycles. The standard InChI is InChI=1S/2Al.2Na.3H2O4S.2H/c;;;;3*1-5(2,3)4;;/h;;;;3*(H2,1,2,3,4);;/q2*+3;2*+1;;;;2*-1/p-6. The molecule has 0 saturated carbocycles. The first-order chi connectivity index (χ1) is 6.00. The van der Waals surface area contributed by atoms with E-state index in [2.05, 4.69) is 0 Å². The van der Waals surface area contributed by atoms with Crippen LogP contribution in [-0.4, -0.2) is 87.3 Å². The first kappa shape index (κ1) is 43.0. The fraction of sp³-hybridized carbons (Fsp3) is 0. The number of hydrogen-bond acceptors (Lipinski definition) is 12. The zero-order valence-electron chi connectivity index (χ0n) is 11.3. The van der Waals surface area contributed by atoms with Gasteiger partial charge in [0.05, 0.1) is 0 Å². The maximum Gasteiger partial charge on any atom is 3.00 e. The molecule has 0 aromatic carbocycles. The molecule has 12 nitrogen and oxygen atoms in total. The van der Waals surface area contributed by atoms with Gasteiger partial charge in [-0.1, -0.05) is 0 Å². The maximum absolute atomic E-state index is 8.52. The van der Waals surface area contributed by atoms with Gasteiger partial charge in [-0.05, 0) is 0 Å². The Kier molecular flexibility index (Phi) is 42.4. The molecule has 0 aliphatic carbocycles. The molecule has 0 radical (unpaired) electrons. The predicted molar refractivity (Wildman–Crippen MR) is 45.2 cm³/mol. The zero-order chi connectivity index (χ0) is 13.5. The molecule has 0 amide bonds. The molecule has 19 heteroatoms. The summed E-state index contributed by atoms with van der Waals surface area (Å²) in [5.41, 5.74) is 0. The van der Waals surface area contributed by atoms with Crippen molar-refractivity contribution in [3.8, 4) is 0 Å². The molecule has 0 N–H and O–H groups in total. The third-order valence-corrected chi connectivity index (χ3v) is 0. The van der Waals surface area contributed by atoms with Crippen LogP contribution >= 0.6 is 0 Å². The van der Waals surface area contributed by atoms with Crippen molar-refractivity contribution in [2.45, 2.75) is 0 Å². The van der Waals surface area contributed by atoms with Gasteiger partial charge < -0.3 is 30.2 Å². The van der Waals surface area contributed by atoms with Gasteiger partial charge in [-0.15, -0.1) is 0 Å². The number of rotatable bonds is 0. The molecule has 0 aromatic heterocycles. The van der Waals surface area contributed by atoms with Crippen LogP contribution < -0.4 is 59.1 Å². The van der Waals surface area contributed by atoms with Crippen molar-refractivity contribution in [3.63, 3.8) is 0 Å². The minimum absolute atomic E-state index is 0.